The van der Waals surface area contributed by atoms with Gasteiger partial charge >= 0.3 is 0 Å². The number of hydrogen-bond acceptors (Lipinski definition) is 21. The summed E-state index contributed by atoms with van der Waals surface area (Å²) in [6.07, 6.45) is 3.89. The van der Waals surface area contributed by atoms with Crippen LogP contribution < -0.4 is 18.9 Å². The first kappa shape index (κ1) is 78.9. The molecule has 22 nitrogen and oxygen atoms in total. The van der Waals surface area contributed by atoms with Crippen molar-refractivity contribution in [3.63, 3.8) is 0 Å². The number of nitrogens with zero attached hydrogens (tertiary/aromatic N) is 10. The maximum Gasteiger partial charge on any atom is 0.219 e. The summed E-state index contributed by atoms with van der Waals surface area (Å²) in [5.41, 5.74) is 6.94. The van der Waals surface area contributed by atoms with Gasteiger partial charge in [-0.2, -0.15) is 0 Å². The van der Waals surface area contributed by atoms with E-state index in [9.17, 15) is 44.0 Å². The molecule has 5 aromatic heterocycles. The summed E-state index contributed by atoms with van der Waals surface area (Å²) < 4.78 is 35.8. The van der Waals surface area contributed by atoms with Crippen molar-refractivity contribution in [2.24, 2.45) is 0 Å². The van der Waals surface area contributed by atoms with Crippen LogP contribution >= 0.6 is 0 Å². The maximum atomic E-state index is 12.9. The van der Waals surface area contributed by atoms with Crippen molar-refractivity contribution in [1.82, 2.24) is 44.9 Å². The predicted octanol–water partition coefficient (Wildman–Crippen LogP) is 17.1. The topological polar surface area (TPSA) is 306 Å². The van der Waals surface area contributed by atoms with Crippen molar-refractivity contribution in [2.45, 2.75) is 99.1 Å². The van der Waals surface area contributed by atoms with Crippen molar-refractivity contribution in [1.29, 1.82) is 0 Å². The van der Waals surface area contributed by atoms with Crippen molar-refractivity contribution < 1.29 is 62.9 Å². The largest absolute Gasteiger partial charge is 0.457 e. The lowest BCUT2D eigenvalue weighted by Gasteiger charge is -2.10. The molecule has 0 amide bonds. The molecule has 5 heterocycles. The Hall–Kier alpha value is -12.9. The van der Waals surface area contributed by atoms with E-state index in [1.807, 2.05) is 86.6 Å². The van der Waals surface area contributed by atoms with Crippen LogP contribution in [0.15, 0.2) is 237 Å². The summed E-state index contributed by atoms with van der Waals surface area (Å²) >= 11 is 0. The Morgan fingerprint density at radius 1 is 0.358 bits per heavy atom. The lowest BCUT2D eigenvalue weighted by atomic mass is 10.1. The molecule has 0 aliphatic carbocycles. The molecule has 4 N–H and O–H groups in total. The number of ether oxygens (including phenoxy) is 4. The number of aromatic nitrogens is 9. The number of aliphatic hydroxyl groups excluding tert-OH is 4. The highest BCUT2D eigenvalue weighted by Gasteiger charge is 2.22. The van der Waals surface area contributed by atoms with Gasteiger partial charge < -0.3 is 39.4 Å². The van der Waals surface area contributed by atoms with Crippen LogP contribution in [-0.4, -0.2) is 88.4 Å². The van der Waals surface area contributed by atoms with Crippen LogP contribution in [0, 0.1) is 26.2 Å². The zero-order valence-corrected chi connectivity index (χ0v) is 58.1. The molecule has 0 aliphatic rings. The van der Waals surface area contributed by atoms with Crippen molar-refractivity contribution in [2.75, 3.05) is 0 Å². The Bertz CT molecular complexity index is 4540. The van der Waals surface area contributed by atoms with Gasteiger partial charge in [0.15, 0.2) is 76.5 Å². The number of benzene rings is 7. The SMILES string of the molecule is C.CCC(=O)[C@H](O)c1ccnc(-c2ccc(Oc3ccc(C)cc3)cc2)n1.CCC(=O)[C@H](O)c1ccnc(-c2ccc(Oc3ccc(C)cn3)cc2)n1.CCC(=O)[C@H](O)c1ccnc(-c2ccc(Oc3ccc(F)cc3)cc2)n1.[C-]#[N+]c1ccc(Oc2ccc(-c3nccc([C@@H](O)C(=O)CC)n3)cc2)cc1. The van der Waals surface area contributed by atoms with Crippen LogP contribution in [0.3, 0.4) is 0 Å². The number of Topliss-reactive ketones (excluding diaryl/α,β-unsaturated/α-hetero) is 4. The zero-order chi connectivity index (χ0) is 74.8. The highest BCUT2D eigenvalue weighted by molar-refractivity contribution is 5.85. The normalized spacial score (nSPS) is 11.6. The molecular weight excluding hydrogens is 1350 g/mol. The molecule has 7 aromatic carbocycles. The monoisotopic (exact) mass is 1420 g/mol. The van der Waals surface area contributed by atoms with Gasteiger partial charge in [0, 0.05) is 85.0 Å². The second kappa shape index (κ2) is 39.0. The molecule has 23 heteroatoms. The molecule has 538 valence electrons. The van der Waals surface area contributed by atoms with E-state index in [1.165, 1.54) is 48.4 Å². The third kappa shape index (κ3) is 22.6. The molecule has 0 fully saturated rings. The van der Waals surface area contributed by atoms with Gasteiger partial charge in [0.2, 0.25) is 5.88 Å². The van der Waals surface area contributed by atoms with Crippen LogP contribution in [-0.2, 0) is 19.2 Å². The van der Waals surface area contributed by atoms with Crippen LogP contribution in [0.5, 0.6) is 46.1 Å². The molecule has 12 rings (SSSR count). The highest BCUT2D eigenvalue weighted by atomic mass is 19.1. The average Bonchev–Trinajstić information content (AvgIpc) is 0.848. The minimum absolute atomic E-state index is 0. The van der Waals surface area contributed by atoms with Gasteiger partial charge in [-0.05, 0) is 189 Å². The molecule has 106 heavy (non-hydrogen) atoms. The number of aryl methyl sites for hydroxylation is 2. The number of carbonyl (C=O) groups excluding carboxylic acids is 4. The van der Waals surface area contributed by atoms with E-state index in [1.54, 1.807) is 149 Å². The third-order valence-corrected chi connectivity index (χ3v) is 15.5. The van der Waals surface area contributed by atoms with E-state index in [4.69, 9.17) is 25.5 Å². The van der Waals surface area contributed by atoms with Crippen LogP contribution in [0.2, 0.25) is 0 Å². The van der Waals surface area contributed by atoms with Crippen molar-refractivity contribution in [3.8, 4) is 91.7 Å². The number of carbonyl (C=O) groups is 4. The van der Waals surface area contributed by atoms with Crippen LogP contribution in [0.4, 0.5) is 10.1 Å². The van der Waals surface area contributed by atoms with Crippen molar-refractivity contribution in [3.05, 3.63) is 288 Å². The molecule has 0 saturated heterocycles. The Kier molecular flexibility index (Phi) is 29.0. The second-order valence-electron chi connectivity index (χ2n) is 23.2. The van der Waals surface area contributed by atoms with Crippen LogP contribution in [0.25, 0.3) is 50.4 Å². The number of pyridine rings is 1. The van der Waals surface area contributed by atoms with Gasteiger partial charge in [-0.1, -0.05) is 71.0 Å². The molecule has 0 saturated carbocycles. The molecule has 0 radical (unpaired) electrons. The zero-order valence-electron chi connectivity index (χ0n) is 58.1. The first-order chi connectivity index (χ1) is 50.8. The first-order valence-electron chi connectivity index (χ1n) is 33.3. The smallest absolute Gasteiger partial charge is 0.219 e. The Balaban J connectivity index is 0.000000178. The fraction of sp³-hybridized carbons (Fsp3) is 0.181. The Labute approximate surface area is 612 Å². The molecule has 0 spiro atoms. The minimum Gasteiger partial charge on any atom is -0.457 e. The predicted molar refractivity (Wildman–Crippen MR) is 397 cm³/mol. The Morgan fingerprint density at radius 3 is 0.877 bits per heavy atom. The Morgan fingerprint density at radius 2 is 0.613 bits per heavy atom. The van der Waals surface area contributed by atoms with Gasteiger partial charge in [0.1, 0.15) is 46.1 Å². The van der Waals surface area contributed by atoms with Crippen LogP contribution in [0.1, 0.15) is 119 Å². The molecule has 0 aliphatic heterocycles. The molecule has 4 atom stereocenters. The van der Waals surface area contributed by atoms with E-state index in [2.05, 4.69) is 49.7 Å². The minimum atomic E-state index is -1.25. The molecule has 12 aromatic rings. The molecular formula is C83H77FN10O12. The van der Waals surface area contributed by atoms with Gasteiger partial charge in [-0.15, -0.1) is 0 Å². The maximum absolute atomic E-state index is 12.9. The summed E-state index contributed by atoms with van der Waals surface area (Å²) in [6, 6.07) is 59.1. The van der Waals surface area contributed by atoms with Gasteiger partial charge in [-0.3, -0.25) is 19.2 Å². The van der Waals surface area contributed by atoms with Crippen molar-refractivity contribution >= 4 is 28.8 Å². The summed E-state index contributed by atoms with van der Waals surface area (Å²) in [7, 11) is 0. The molecule has 0 unspecified atom stereocenters. The van der Waals surface area contributed by atoms with E-state index in [0.29, 0.717) is 80.7 Å². The third-order valence-electron chi connectivity index (χ3n) is 15.5. The van der Waals surface area contributed by atoms with E-state index < -0.39 is 24.4 Å². The van der Waals surface area contributed by atoms with Gasteiger partial charge in [0.25, 0.3) is 0 Å². The molecule has 0 bridgehead atoms. The quantitative estimate of drug-likeness (QED) is 0.0409. The van der Waals surface area contributed by atoms with E-state index in [0.717, 1.165) is 33.6 Å². The second-order valence-corrected chi connectivity index (χ2v) is 23.2. The fourth-order valence-electron chi connectivity index (χ4n) is 9.52. The summed E-state index contributed by atoms with van der Waals surface area (Å²) in [5, 5.41) is 40.1. The summed E-state index contributed by atoms with van der Waals surface area (Å²) in [6.45, 7) is 17.7. The van der Waals surface area contributed by atoms with E-state index >= 15 is 0 Å². The van der Waals surface area contributed by atoms with Gasteiger partial charge in [0.05, 0.1) is 29.3 Å². The fourth-order valence-corrected chi connectivity index (χ4v) is 9.52. The lowest BCUT2D eigenvalue weighted by molar-refractivity contribution is -0.127. The number of hydrogen-bond donors (Lipinski definition) is 4. The first-order valence-corrected chi connectivity index (χ1v) is 33.3. The summed E-state index contributed by atoms with van der Waals surface area (Å²) in [5.74, 6) is 5.26. The number of ketones is 4. The average molecular weight is 1430 g/mol. The number of rotatable bonds is 24. The van der Waals surface area contributed by atoms with Gasteiger partial charge in [-0.25, -0.2) is 54.1 Å². The van der Waals surface area contributed by atoms with E-state index in [-0.39, 0.29) is 73.4 Å². The summed E-state index contributed by atoms with van der Waals surface area (Å²) in [4.78, 5) is 88.2. The highest BCUT2D eigenvalue weighted by Crippen LogP contribution is 2.31. The number of aliphatic hydroxyl groups is 4. The lowest BCUT2D eigenvalue weighted by Crippen LogP contribution is -2.12. The standard InChI is InChI=1S/C21H17N3O3.C21H20N2O3.C20H17FN2O3.C20H19N3O3.CH4/c1-3-19(25)20(26)18-12-13-23-21(24-18)14-4-8-16(9-5-14)27-17-10-6-15(22-2)7-11-17;1-3-19(24)20(25)18-12-13-22-21(23-18)15-6-10-17(11-7-15)26-16-8-4-14(2)5-9-16;1-2-18(24)19(25)17-11-12-22-20(23-17)13-3-7-15(8-4-13)26-16-9-5-14(21)6-10-16;1-3-17(24)19(25)16-10-11-21-20(23-16)14-5-7-15(8-6-14)26-18-9-4-13(2)12-22-18;/h4-13,20,26H,3H2,1H3;4-13,20,25H,3H2,1-2H3;3-12,19,25H,2H2,1H3;4-12,19,25H,3H2,1-2H3;1H4/t2*20-;2*19-;/m1111./s1. The number of halogens is 1.